The van der Waals surface area contributed by atoms with E-state index < -0.39 is 12.5 Å². The monoisotopic (exact) mass is 275 g/mol. The molecule has 0 aromatic carbocycles. The number of alkyl halides is 2. The van der Waals surface area contributed by atoms with Crippen molar-refractivity contribution < 1.29 is 17.9 Å². The van der Waals surface area contributed by atoms with E-state index in [1.54, 1.807) is 0 Å². The van der Waals surface area contributed by atoms with Gasteiger partial charge in [-0.15, -0.1) is 10.2 Å². The Balaban J connectivity index is 1.95. The van der Waals surface area contributed by atoms with E-state index >= 15 is 0 Å². The first kappa shape index (κ1) is 14.3. The van der Waals surface area contributed by atoms with Crippen LogP contribution in [0.5, 0.6) is 0 Å². The van der Waals surface area contributed by atoms with Crippen molar-refractivity contribution in [1.82, 2.24) is 15.1 Å². The lowest BCUT2D eigenvalue weighted by molar-refractivity contribution is -0.105. The van der Waals surface area contributed by atoms with Crippen LogP contribution in [0.4, 0.5) is 8.78 Å². The molecule has 1 aromatic rings. The third-order valence-corrected chi connectivity index (χ3v) is 2.93. The summed E-state index contributed by atoms with van der Waals surface area (Å²) in [6.45, 7) is 7.40. The number of hydrogen-bond acceptors (Lipinski definition) is 5. The van der Waals surface area contributed by atoms with Crippen molar-refractivity contribution in [2.75, 3.05) is 19.7 Å². The fourth-order valence-corrected chi connectivity index (χ4v) is 1.84. The highest BCUT2D eigenvalue weighted by Gasteiger charge is 2.29. The molecule has 1 saturated heterocycles. The second-order valence-electron chi connectivity index (χ2n) is 5.73. The number of rotatable bonds is 3. The minimum Gasteiger partial charge on any atom is -0.423 e. The number of morpholine rings is 1. The van der Waals surface area contributed by atoms with Crippen molar-refractivity contribution in [2.24, 2.45) is 0 Å². The lowest BCUT2D eigenvalue weighted by Gasteiger charge is -2.31. The van der Waals surface area contributed by atoms with Gasteiger partial charge in [0.25, 0.3) is 6.43 Å². The molecular weight excluding hydrogens is 256 g/mol. The largest absolute Gasteiger partial charge is 0.423 e. The Kier molecular flexibility index (Phi) is 4.15. The minimum atomic E-state index is -2.46. The van der Waals surface area contributed by atoms with Gasteiger partial charge >= 0.3 is 0 Å². The van der Waals surface area contributed by atoms with Crippen molar-refractivity contribution in [2.45, 2.75) is 45.3 Å². The average Bonchev–Trinajstić information content (AvgIpc) is 2.77. The third kappa shape index (κ3) is 3.70. The highest BCUT2D eigenvalue weighted by Crippen LogP contribution is 2.21. The molecule has 1 aromatic heterocycles. The molecule has 1 atom stereocenters. The van der Waals surface area contributed by atoms with E-state index in [1.807, 2.05) is 25.7 Å². The Labute approximate surface area is 110 Å². The average molecular weight is 275 g/mol. The predicted octanol–water partition coefficient (Wildman–Crippen LogP) is 1.83. The van der Waals surface area contributed by atoms with Crippen LogP contribution in [0.25, 0.3) is 0 Å². The molecular formula is C12H19F2N3O2. The van der Waals surface area contributed by atoms with Crippen molar-refractivity contribution in [3.8, 4) is 0 Å². The second kappa shape index (κ2) is 5.50. The van der Waals surface area contributed by atoms with Gasteiger partial charge in [-0.1, -0.05) is 20.8 Å². The Morgan fingerprint density at radius 3 is 2.68 bits per heavy atom. The molecule has 0 radical (unpaired) electrons. The Hall–Kier alpha value is -1.08. The van der Waals surface area contributed by atoms with Gasteiger partial charge in [0.2, 0.25) is 11.8 Å². The van der Waals surface area contributed by atoms with Gasteiger partial charge < -0.3 is 9.15 Å². The van der Waals surface area contributed by atoms with Gasteiger partial charge in [0, 0.05) is 18.5 Å². The summed E-state index contributed by atoms with van der Waals surface area (Å²) in [5, 5.41) is 7.94. The minimum absolute atomic E-state index is 0.185. The van der Waals surface area contributed by atoms with Crippen LogP contribution in [0.2, 0.25) is 0 Å². The molecule has 108 valence electrons. The van der Waals surface area contributed by atoms with Crippen LogP contribution >= 0.6 is 0 Å². The first-order valence-electron chi connectivity index (χ1n) is 6.31. The molecule has 0 bridgehead atoms. The maximum absolute atomic E-state index is 12.6. The molecule has 19 heavy (non-hydrogen) atoms. The van der Waals surface area contributed by atoms with Crippen LogP contribution in [0.1, 0.15) is 32.6 Å². The quantitative estimate of drug-likeness (QED) is 0.842. The fraction of sp³-hybridized carbons (Fsp3) is 0.833. The fourth-order valence-electron chi connectivity index (χ4n) is 1.84. The zero-order valence-electron chi connectivity index (χ0n) is 11.4. The summed E-state index contributed by atoms with van der Waals surface area (Å²) in [4.78, 5) is 1.85. The van der Waals surface area contributed by atoms with Crippen LogP contribution in [-0.2, 0) is 16.7 Å². The van der Waals surface area contributed by atoms with E-state index in [0.29, 0.717) is 31.5 Å². The Morgan fingerprint density at radius 1 is 1.37 bits per heavy atom. The standard InChI is InChI=1S/C12H19F2N3O2/c1-12(2,3)11-16-15-9(19-11)7-17-4-5-18-8(6-17)10(13)14/h8,10H,4-7H2,1-3H3. The molecule has 1 fully saturated rings. The van der Waals surface area contributed by atoms with Crippen LogP contribution < -0.4 is 0 Å². The summed E-state index contributed by atoms with van der Waals surface area (Å²) >= 11 is 0. The van der Waals surface area contributed by atoms with E-state index in [9.17, 15) is 8.78 Å². The van der Waals surface area contributed by atoms with E-state index in [2.05, 4.69) is 10.2 Å². The summed E-state index contributed by atoms with van der Waals surface area (Å²) in [7, 11) is 0. The van der Waals surface area contributed by atoms with Crippen LogP contribution in [-0.4, -0.2) is 47.3 Å². The topological polar surface area (TPSA) is 51.4 Å². The zero-order valence-corrected chi connectivity index (χ0v) is 11.4. The number of ether oxygens (including phenoxy) is 1. The number of halogens is 2. The summed E-state index contributed by atoms with van der Waals surface area (Å²) < 4.78 is 35.7. The molecule has 0 N–H and O–H groups in total. The summed E-state index contributed by atoms with van der Waals surface area (Å²) in [6, 6.07) is 0. The molecule has 0 spiro atoms. The first-order valence-corrected chi connectivity index (χ1v) is 6.31. The number of hydrogen-bond donors (Lipinski definition) is 0. The summed E-state index contributed by atoms with van der Waals surface area (Å²) in [5.41, 5.74) is -0.207. The molecule has 0 aliphatic carbocycles. The van der Waals surface area contributed by atoms with E-state index in [-0.39, 0.29) is 12.0 Å². The van der Waals surface area contributed by atoms with Crippen molar-refractivity contribution in [3.05, 3.63) is 11.8 Å². The molecule has 0 saturated carbocycles. The molecule has 5 nitrogen and oxygen atoms in total. The Bertz CT molecular complexity index is 417. The number of aromatic nitrogens is 2. The van der Waals surface area contributed by atoms with Gasteiger partial charge in [0.15, 0.2) is 0 Å². The van der Waals surface area contributed by atoms with Crippen molar-refractivity contribution in [1.29, 1.82) is 0 Å². The highest BCUT2D eigenvalue weighted by molar-refractivity contribution is 4.96. The van der Waals surface area contributed by atoms with Gasteiger partial charge in [0.05, 0.1) is 13.2 Å². The molecule has 1 aliphatic rings. The van der Waals surface area contributed by atoms with Gasteiger partial charge in [-0.2, -0.15) is 0 Å². The lowest BCUT2D eigenvalue weighted by atomic mass is 9.97. The number of nitrogens with zero attached hydrogens (tertiary/aromatic N) is 3. The predicted molar refractivity (Wildman–Crippen MR) is 64.0 cm³/mol. The van der Waals surface area contributed by atoms with Gasteiger partial charge in [0.1, 0.15) is 6.10 Å². The third-order valence-electron chi connectivity index (χ3n) is 2.93. The maximum Gasteiger partial charge on any atom is 0.265 e. The van der Waals surface area contributed by atoms with Gasteiger partial charge in [-0.05, 0) is 0 Å². The van der Waals surface area contributed by atoms with Crippen LogP contribution in [0.15, 0.2) is 4.42 Å². The zero-order chi connectivity index (χ0) is 14.0. The first-order chi connectivity index (χ1) is 8.86. The molecule has 0 amide bonds. The smallest absolute Gasteiger partial charge is 0.265 e. The summed E-state index contributed by atoms with van der Waals surface area (Å²) in [5.74, 6) is 1.01. The lowest BCUT2D eigenvalue weighted by Crippen LogP contribution is -2.45. The highest BCUT2D eigenvalue weighted by atomic mass is 19.3. The van der Waals surface area contributed by atoms with E-state index in [1.165, 1.54) is 0 Å². The van der Waals surface area contributed by atoms with E-state index in [0.717, 1.165) is 0 Å². The second-order valence-corrected chi connectivity index (χ2v) is 5.73. The molecule has 2 rings (SSSR count). The maximum atomic E-state index is 12.6. The molecule has 1 unspecified atom stereocenters. The SMILES string of the molecule is CC(C)(C)c1nnc(CN2CCOC(C(F)F)C2)o1. The van der Waals surface area contributed by atoms with Crippen molar-refractivity contribution >= 4 is 0 Å². The summed E-state index contributed by atoms with van der Waals surface area (Å²) in [6.07, 6.45) is -3.49. The van der Waals surface area contributed by atoms with Gasteiger partial charge in [-0.25, -0.2) is 8.78 Å². The van der Waals surface area contributed by atoms with Crippen LogP contribution in [0.3, 0.4) is 0 Å². The van der Waals surface area contributed by atoms with Crippen molar-refractivity contribution in [3.63, 3.8) is 0 Å². The normalized spacial score (nSPS) is 22.1. The molecule has 7 heteroatoms. The molecule has 2 heterocycles. The van der Waals surface area contributed by atoms with Crippen LogP contribution in [0, 0.1) is 0 Å². The van der Waals surface area contributed by atoms with E-state index in [4.69, 9.17) is 9.15 Å². The van der Waals surface area contributed by atoms with Gasteiger partial charge in [-0.3, -0.25) is 4.90 Å². The Morgan fingerprint density at radius 2 is 2.11 bits per heavy atom. The molecule has 1 aliphatic heterocycles.